The Kier molecular flexibility index (Phi) is 6.74. The highest BCUT2D eigenvalue weighted by atomic mass is 19.4. The first-order valence-electron chi connectivity index (χ1n) is 11.6. The quantitative estimate of drug-likeness (QED) is 0.327. The van der Waals surface area contributed by atoms with Gasteiger partial charge in [-0.25, -0.2) is 0 Å². The van der Waals surface area contributed by atoms with E-state index in [0.29, 0.717) is 18.7 Å². The summed E-state index contributed by atoms with van der Waals surface area (Å²) >= 11 is 0. The lowest BCUT2D eigenvalue weighted by Gasteiger charge is -2.42. The Bertz CT molecular complexity index is 923. The summed E-state index contributed by atoms with van der Waals surface area (Å²) in [6.45, 7) is 6.66. The van der Waals surface area contributed by atoms with E-state index in [-0.39, 0.29) is 30.3 Å². The molecule has 2 aliphatic heterocycles. The molecule has 1 aromatic rings. The van der Waals surface area contributed by atoms with E-state index >= 15 is 0 Å². The Hall–Kier alpha value is -2.10. The largest absolute Gasteiger partial charge is 0.458 e. The lowest BCUT2D eigenvalue weighted by atomic mass is 9.68. The lowest BCUT2D eigenvalue weighted by molar-refractivity contribution is -0.170. The molecule has 0 radical (unpaired) electrons. The van der Waals surface area contributed by atoms with Gasteiger partial charge in [-0.15, -0.1) is 0 Å². The van der Waals surface area contributed by atoms with Crippen molar-refractivity contribution in [3.63, 3.8) is 0 Å². The Morgan fingerprint density at radius 2 is 1.94 bits per heavy atom. The highest BCUT2D eigenvalue weighted by Crippen LogP contribution is 2.59. The SMILES string of the molecule is CO[C@@H]1[C@H](OC(=O)CNc2ccc(C(F)(F)F)cc2)CC[C@]2(CO2)[C@H]1[C@]1(C)O[C@@H]1CC=C(C)C. The smallest absolute Gasteiger partial charge is 0.416 e. The molecule has 6 atom stereocenters. The van der Waals surface area contributed by atoms with Crippen molar-refractivity contribution in [1.29, 1.82) is 0 Å². The molecule has 0 bridgehead atoms. The summed E-state index contributed by atoms with van der Waals surface area (Å²) in [4.78, 5) is 12.6. The third-order valence-electron chi connectivity index (χ3n) is 7.17. The van der Waals surface area contributed by atoms with E-state index in [2.05, 4.69) is 32.2 Å². The van der Waals surface area contributed by atoms with E-state index in [1.54, 1.807) is 7.11 Å². The van der Waals surface area contributed by atoms with E-state index in [1.165, 1.54) is 17.7 Å². The van der Waals surface area contributed by atoms with E-state index in [9.17, 15) is 18.0 Å². The van der Waals surface area contributed by atoms with Crippen LogP contribution in [0, 0.1) is 5.92 Å². The third kappa shape index (κ3) is 5.11. The van der Waals surface area contributed by atoms with Gasteiger partial charge >= 0.3 is 12.1 Å². The molecule has 0 amide bonds. The summed E-state index contributed by atoms with van der Waals surface area (Å²) in [6.07, 6.45) is -0.869. The van der Waals surface area contributed by atoms with Crippen LogP contribution in [-0.4, -0.2) is 55.7 Å². The number of allylic oxidation sites excluding steroid dienone is 1. The number of anilines is 1. The zero-order valence-electron chi connectivity index (χ0n) is 19.9. The number of esters is 1. The van der Waals surface area contributed by atoms with Gasteiger partial charge in [0.1, 0.15) is 30.0 Å². The Balaban J connectivity index is 1.37. The van der Waals surface area contributed by atoms with Gasteiger partial charge in [-0.1, -0.05) is 11.6 Å². The summed E-state index contributed by atoms with van der Waals surface area (Å²) in [5.74, 6) is -0.573. The van der Waals surface area contributed by atoms with Gasteiger partial charge in [-0.2, -0.15) is 13.2 Å². The van der Waals surface area contributed by atoms with E-state index in [4.69, 9.17) is 18.9 Å². The number of ether oxygens (including phenoxy) is 4. The van der Waals surface area contributed by atoms with E-state index in [1.807, 2.05) is 0 Å². The molecule has 2 heterocycles. The molecule has 6 nitrogen and oxygen atoms in total. The Labute approximate surface area is 197 Å². The molecule has 0 aromatic heterocycles. The number of hydrogen-bond donors (Lipinski definition) is 1. The van der Waals surface area contributed by atoms with Crippen LogP contribution in [0.3, 0.4) is 0 Å². The molecule has 0 unspecified atom stereocenters. The van der Waals surface area contributed by atoms with Crippen molar-refractivity contribution in [2.24, 2.45) is 5.92 Å². The molecule has 1 spiro atoms. The summed E-state index contributed by atoms with van der Waals surface area (Å²) in [5.41, 5.74) is 0.158. The average Bonchev–Trinajstić information content (AvgIpc) is 3.69. The predicted molar refractivity (Wildman–Crippen MR) is 119 cm³/mol. The second-order valence-electron chi connectivity index (χ2n) is 9.83. The van der Waals surface area contributed by atoms with Gasteiger partial charge in [0.25, 0.3) is 0 Å². The lowest BCUT2D eigenvalue weighted by Crippen LogP contribution is -2.55. The molecular weight excluding hydrogens is 451 g/mol. The molecule has 4 rings (SSSR count). The normalized spacial score (nSPS) is 34.4. The highest BCUT2D eigenvalue weighted by molar-refractivity contribution is 5.75. The monoisotopic (exact) mass is 483 g/mol. The average molecular weight is 484 g/mol. The number of methoxy groups -OCH3 is 1. The van der Waals surface area contributed by atoms with Gasteiger partial charge in [-0.3, -0.25) is 4.79 Å². The summed E-state index contributed by atoms with van der Waals surface area (Å²) in [7, 11) is 1.61. The number of carbonyl (C=O) groups is 1. The molecule has 188 valence electrons. The maximum atomic E-state index is 12.7. The third-order valence-corrected chi connectivity index (χ3v) is 7.17. The van der Waals surface area contributed by atoms with Gasteiger partial charge < -0.3 is 24.3 Å². The minimum atomic E-state index is -4.40. The van der Waals surface area contributed by atoms with Gasteiger partial charge in [-0.05, 0) is 64.3 Å². The second-order valence-corrected chi connectivity index (χ2v) is 9.83. The van der Waals surface area contributed by atoms with Crippen LogP contribution in [-0.2, 0) is 29.9 Å². The van der Waals surface area contributed by atoms with Crippen molar-refractivity contribution in [1.82, 2.24) is 0 Å². The van der Waals surface area contributed by atoms with Gasteiger partial charge in [0.2, 0.25) is 0 Å². The number of benzene rings is 1. The molecule has 2 saturated heterocycles. The Morgan fingerprint density at radius 3 is 2.50 bits per heavy atom. The molecule has 1 aromatic carbocycles. The second kappa shape index (κ2) is 9.17. The molecule has 3 fully saturated rings. The summed E-state index contributed by atoms with van der Waals surface area (Å²) in [6, 6.07) is 4.52. The van der Waals surface area contributed by atoms with Gasteiger partial charge in [0.15, 0.2) is 0 Å². The maximum absolute atomic E-state index is 12.7. The fourth-order valence-electron chi connectivity index (χ4n) is 5.23. The zero-order valence-corrected chi connectivity index (χ0v) is 19.9. The molecule has 1 N–H and O–H groups in total. The molecule has 34 heavy (non-hydrogen) atoms. The molecule has 1 aliphatic carbocycles. The van der Waals surface area contributed by atoms with Gasteiger partial charge in [0.05, 0.1) is 24.2 Å². The van der Waals surface area contributed by atoms with Crippen molar-refractivity contribution < 1.29 is 36.9 Å². The Morgan fingerprint density at radius 1 is 1.26 bits per heavy atom. The van der Waals surface area contributed by atoms with Crippen LogP contribution < -0.4 is 5.32 Å². The molecule has 9 heteroatoms. The van der Waals surface area contributed by atoms with Crippen LogP contribution in [0.2, 0.25) is 0 Å². The first-order valence-corrected chi connectivity index (χ1v) is 11.6. The molecular formula is C25H32F3NO5. The minimum Gasteiger partial charge on any atom is -0.458 e. The van der Waals surface area contributed by atoms with Crippen molar-refractivity contribution in [2.45, 2.75) is 75.7 Å². The van der Waals surface area contributed by atoms with Crippen molar-refractivity contribution >= 4 is 11.7 Å². The number of alkyl halides is 3. The topological polar surface area (TPSA) is 72.6 Å². The van der Waals surface area contributed by atoms with Crippen LogP contribution in [0.4, 0.5) is 18.9 Å². The number of carbonyl (C=O) groups excluding carboxylic acids is 1. The number of nitrogens with one attached hydrogen (secondary N) is 1. The molecule has 1 saturated carbocycles. The van der Waals surface area contributed by atoms with Crippen LogP contribution >= 0.6 is 0 Å². The van der Waals surface area contributed by atoms with Gasteiger partial charge in [0, 0.05) is 12.8 Å². The number of rotatable bonds is 8. The first-order chi connectivity index (χ1) is 16.0. The van der Waals surface area contributed by atoms with Crippen LogP contribution in [0.15, 0.2) is 35.9 Å². The molecule has 3 aliphatic rings. The number of hydrogen-bond acceptors (Lipinski definition) is 6. The van der Waals surface area contributed by atoms with Crippen LogP contribution in [0.5, 0.6) is 0 Å². The minimum absolute atomic E-state index is 0.0573. The van der Waals surface area contributed by atoms with Crippen molar-refractivity contribution in [2.75, 3.05) is 25.6 Å². The van der Waals surface area contributed by atoms with Crippen LogP contribution in [0.25, 0.3) is 0 Å². The fraction of sp³-hybridized carbons (Fsp3) is 0.640. The summed E-state index contributed by atoms with van der Waals surface area (Å²) < 4.78 is 61.9. The number of halogens is 3. The zero-order chi connectivity index (χ0) is 24.7. The predicted octanol–water partition coefficient (Wildman–Crippen LogP) is 4.74. The van der Waals surface area contributed by atoms with Crippen molar-refractivity contribution in [3.8, 4) is 0 Å². The van der Waals surface area contributed by atoms with Crippen LogP contribution in [0.1, 0.15) is 45.6 Å². The van der Waals surface area contributed by atoms with Crippen molar-refractivity contribution in [3.05, 3.63) is 41.5 Å². The fourth-order valence-corrected chi connectivity index (χ4v) is 5.23. The van der Waals surface area contributed by atoms with E-state index < -0.39 is 29.4 Å². The van der Waals surface area contributed by atoms with E-state index in [0.717, 1.165) is 25.0 Å². The summed E-state index contributed by atoms with van der Waals surface area (Å²) in [5, 5.41) is 2.82. The standard InChI is InChI=1S/C25H32F3NO5/c1-15(2)5-10-19-23(3,34-19)22-21(31-4)18(11-12-24(22)14-32-24)33-20(30)13-29-17-8-6-16(7-9-17)25(26,27)28/h5-9,18-19,21-22,29H,10-14H2,1-4H3/t18-,19-,21-,22-,23-,24+/m1/s1. The maximum Gasteiger partial charge on any atom is 0.416 e. The highest BCUT2D eigenvalue weighted by Gasteiger charge is 2.72. The number of epoxide rings is 2. The first kappa shape index (κ1) is 25.0.